The molecule has 0 atom stereocenters. The average molecular weight is 364 g/mol. The molecule has 0 aromatic carbocycles. The summed E-state index contributed by atoms with van der Waals surface area (Å²) >= 11 is 3.70. The molecule has 0 aromatic heterocycles. The Labute approximate surface area is 148 Å². The third-order valence-corrected chi connectivity index (χ3v) is 0.243. The molecule has 0 saturated heterocycles. The summed E-state index contributed by atoms with van der Waals surface area (Å²) in [6, 6.07) is 0. The van der Waals surface area contributed by atoms with Crippen molar-refractivity contribution < 1.29 is 92.0 Å². The molecule has 15 heavy (non-hydrogen) atoms. The van der Waals surface area contributed by atoms with E-state index in [1.165, 1.54) is 5.40 Å². The zero-order chi connectivity index (χ0) is 12.4. The zero-order valence-corrected chi connectivity index (χ0v) is 14.6. The summed E-state index contributed by atoms with van der Waals surface area (Å²) in [6.45, 7) is 0. The van der Waals surface area contributed by atoms with Crippen molar-refractivity contribution in [3.63, 3.8) is 0 Å². The van der Waals surface area contributed by atoms with Gasteiger partial charge in [-0.2, -0.15) is 13.2 Å². The van der Waals surface area contributed by atoms with Crippen LogP contribution in [-0.2, 0) is 17.4 Å². The minimum Gasteiger partial charge on any atom is -0.696 e. The number of nitrogens with zero attached hydrogens (tertiary/aromatic N) is 1. The van der Waals surface area contributed by atoms with Crippen molar-refractivity contribution in [2.75, 3.05) is 0 Å². The Balaban J connectivity index is -0.0000000654. The van der Waals surface area contributed by atoms with Crippen LogP contribution in [0.25, 0.3) is 0 Å². The first-order valence-corrected chi connectivity index (χ1v) is 2.91. The Morgan fingerprint density at radius 1 is 1.47 bits per heavy atom. The molecule has 0 rings (SSSR count). The van der Waals surface area contributed by atoms with Crippen molar-refractivity contribution in [1.29, 1.82) is 10.7 Å². The Hall–Kier alpha value is 0.292. The molecular weight excluding hydrogens is 358 g/mol. The number of nitrogens with one attached hydrogen (secondary N) is 1. The molecule has 0 aliphatic heterocycles. The standard InChI is InChI=1S/C2HF3O2.CH5N3.CHNS.Cs/c3-2(4,5)1(6)7;2-1(3)4;2-1-3;/h(H,6,7);(H5,2,3,4);3H;/q;;;+1/p-1. The van der Waals surface area contributed by atoms with Crippen LogP contribution in [0, 0.1) is 16.1 Å². The van der Waals surface area contributed by atoms with E-state index in [1.54, 1.807) is 0 Å². The smallest absolute Gasteiger partial charge is 0.696 e. The Morgan fingerprint density at radius 3 is 1.53 bits per heavy atom. The number of hydrogen-bond donors (Lipinski definition) is 4. The molecule has 0 saturated carbocycles. The fraction of sp³-hybridized carbons (Fsp3) is 0.250. The van der Waals surface area contributed by atoms with Crippen LogP contribution >= 0.6 is 0 Å². The van der Waals surface area contributed by atoms with Crippen LogP contribution in [0.1, 0.15) is 0 Å². The molecule has 6 nitrogen and oxygen atoms in total. The van der Waals surface area contributed by atoms with Crippen LogP contribution in [0.4, 0.5) is 13.2 Å². The molecule has 0 spiro atoms. The van der Waals surface area contributed by atoms with E-state index in [0.717, 1.165) is 0 Å². The van der Waals surface area contributed by atoms with Gasteiger partial charge in [0.2, 0.25) is 0 Å². The maximum absolute atomic E-state index is 10.6. The number of carboxylic acid groups (broad SMARTS) is 1. The zero-order valence-electron chi connectivity index (χ0n) is 7.50. The summed E-state index contributed by atoms with van der Waals surface area (Å²) in [4.78, 5) is 8.90. The number of carbonyl (C=O) groups is 1. The number of guanidine groups is 1. The van der Waals surface area contributed by atoms with E-state index in [-0.39, 0.29) is 74.9 Å². The fourth-order valence-electron chi connectivity index (χ4n) is 0. The van der Waals surface area contributed by atoms with E-state index in [1.807, 2.05) is 0 Å². The SMILES string of the molecule is N#C[S-].N=C(N)N.O=C(O)C(F)(F)F.[Cs+]. The minimum atomic E-state index is -5.08. The average Bonchev–Trinajstić information content (AvgIpc) is 1.84. The van der Waals surface area contributed by atoms with Gasteiger partial charge in [-0.05, 0) is 0 Å². The van der Waals surface area contributed by atoms with Crippen LogP contribution in [-0.4, -0.2) is 23.2 Å². The molecule has 0 aliphatic carbocycles. The largest absolute Gasteiger partial charge is 1.00 e. The molecule has 0 amide bonds. The molecule has 0 aromatic rings. The van der Waals surface area contributed by atoms with Crippen LogP contribution < -0.4 is 80.4 Å². The number of thiocyanates is 1. The van der Waals surface area contributed by atoms with Gasteiger partial charge in [-0.3, -0.25) is 5.41 Å². The Kier molecular flexibility index (Phi) is 23.3. The number of carboxylic acids is 1. The molecule has 11 heteroatoms. The van der Waals surface area contributed by atoms with E-state index in [2.05, 4.69) is 24.1 Å². The second kappa shape index (κ2) is 14.3. The monoisotopic (exact) mass is 364 g/mol. The number of nitrogens with two attached hydrogens (primary N) is 2. The summed E-state index contributed by atoms with van der Waals surface area (Å²) in [5.41, 5.74) is 8.94. The normalized spacial score (nSPS) is 7.33. The summed E-state index contributed by atoms with van der Waals surface area (Å²) in [5.74, 6) is -3.09. The second-order valence-corrected chi connectivity index (χ2v) is 1.53. The predicted molar refractivity (Wildman–Crippen MR) is 42.8 cm³/mol. The topological polar surface area (TPSA) is 137 Å². The number of nitriles is 1. The molecule has 0 bridgehead atoms. The Bertz CT molecular complexity index is 225. The third-order valence-electron chi connectivity index (χ3n) is 0.243. The van der Waals surface area contributed by atoms with E-state index < -0.39 is 12.1 Å². The molecule has 0 fully saturated rings. The van der Waals surface area contributed by atoms with Gasteiger partial charge in [-0.15, -0.1) is 0 Å². The van der Waals surface area contributed by atoms with Crippen molar-refractivity contribution in [3.05, 3.63) is 0 Å². The molecule has 0 radical (unpaired) electrons. The quantitative estimate of drug-likeness (QED) is 0.152. The molecular formula is C4H6CsF3N4O2S. The van der Waals surface area contributed by atoms with Crippen molar-refractivity contribution in [2.24, 2.45) is 11.5 Å². The summed E-state index contributed by atoms with van der Waals surface area (Å²) in [5, 5.41) is 21.6. The van der Waals surface area contributed by atoms with Crippen LogP contribution in [0.15, 0.2) is 0 Å². The number of aliphatic carboxylic acids is 1. The van der Waals surface area contributed by atoms with Gasteiger partial charge >= 0.3 is 81.0 Å². The van der Waals surface area contributed by atoms with Gasteiger partial charge in [-0.1, -0.05) is 5.40 Å². The molecule has 0 unspecified atom stereocenters. The van der Waals surface area contributed by atoms with Gasteiger partial charge in [0.25, 0.3) is 0 Å². The summed E-state index contributed by atoms with van der Waals surface area (Å²) < 4.78 is 31.7. The van der Waals surface area contributed by atoms with Crippen molar-refractivity contribution in [3.8, 4) is 5.40 Å². The first-order valence-electron chi connectivity index (χ1n) is 2.50. The van der Waals surface area contributed by atoms with Crippen LogP contribution in [0.2, 0.25) is 0 Å². The molecule has 0 aliphatic rings. The molecule has 82 valence electrons. The number of alkyl halides is 3. The van der Waals surface area contributed by atoms with Crippen molar-refractivity contribution >= 4 is 24.6 Å². The number of halogens is 3. The van der Waals surface area contributed by atoms with E-state index >= 15 is 0 Å². The van der Waals surface area contributed by atoms with Gasteiger partial charge in [-0.25, -0.2) is 10.1 Å². The van der Waals surface area contributed by atoms with Crippen molar-refractivity contribution in [1.82, 2.24) is 0 Å². The number of rotatable bonds is 0. The Morgan fingerprint density at radius 2 is 1.53 bits per heavy atom. The predicted octanol–water partition coefficient (Wildman–Crippen LogP) is -3.51. The number of hydrogen-bond acceptors (Lipinski definition) is 4. The first kappa shape index (κ1) is 24.5. The van der Waals surface area contributed by atoms with Gasteiger partial charge in [0.1, 0.15) is 0 Å². The van der Waals surface area contributed by atoms with Crippen LogP contribution in [0.3, 0.4) is 0 Å². The maximum Gasteiger partial charge on any atom is 1.00 e. The van der Waals surface area contributed by atoms with Crippen LogP contribution in [0.5, 0.6) is 0 Å². The van der Waals surface area contributed by atoms with E-state index in [9.17, 15) is 13.2 Å². The summed E-state index contributed by atoms with van der Waals surface area (Å²) in [7, 11) is 0. The van der Waals surface area contributed by atoms with E-state index in [4.69, 9.17) is 20.6 Å². The van der Waals surface area contributed by atoms with Gasteiger partial charge in [0, 0.05) is 0 Å². The van der Waals surface area contributed by atoms with Gasteiger partial charge in [0.15, 0.2) is 5.96 Å². The van der Waals surface area contributed by atoms with Crippen molar-refractivity contribution in [2.45, 2.75) is 6.18 Å². The molecule has 6 N–H and O–H groups in total. The molecule has 0 heterocycles. The minimum absolute atomic E-state index is 0. The third kappa shape index (κ3) is 54.5. The summed E-state index contributed by atoms with van der Waals surface area (Å²) in [6.07, 6.45) is -5.08. The van der Waals surface area contributed by atoms with Gasteiger partial charge < -0.3 is 29.2 Å². The van der Waals surface area contributed by atoms with Gasteiger partial charge in [0.05, 0.1) is 0 Å². The fourth-order valence-corrected chi connectivity index (χ4v) is 0. The van der Waals surface area contributed by atoms with E-state index in [0.29, 0.717) is 0 Å². The maximum atomic E-state index is 10.6. The second-order valence-electron chi connectivity index (χ2n) is 1.35. The first-order chi connectivity index (χ1) is 6.09.